The van der Waals surface area contributed by atoms with Crippen LogP contribution in [0, 0.1) is 0 Å². The Hall–Kier alpha value is -3.57. The summed E-state index contributed by atoms with van der Waals surface area (Å²) in [5, 5.41) is 2.59. The number of nitrogens with zero attached hydrogens (tertiary/aromatic N) is 1. The van der Waals surface area contributed by atoms with Crippen LogP contribution in [0.25, 0.3) is 5.57 Å². The molecule has 3 heterocycles. The minimum atomic E-state index is -0.648. The van der Waals surface area contributed by atoms with E-state index >= 15 is 0 Å². The quantitative estimate of drug-likeness (QED) is 0.249. The number of nitrogens with one attached hydrogen (secondary N) is 1. The number of amides is 2. The van der Waals surface area contributed by atoms with Gasteiger partial charge in [0.2, 0.25) is 5.75 Å². The topological polar surface area (TPSA) is 103 Å². The Bertz CT molecular complexity index is 1440. The second-order valence-corrected chi connectivity index (χ2v) is 11.5. The molecule has 1 N–H and O–H groups in total. The Kier molecular flexibility index (Phi) is 6.39. The van der Waals surface area contributed by atoms with E-state index in [4.69, 9.17) is 31.2 Å². The van der Waals surface area contributed by atoms with Gasteiger partial charge in [-0.1, -0.05) is 30.9 Å². The number of rotatable bonds is 5. The molecular weight excluding hydrogens is 528 g/mol. The molecule has 2 amide bonds. The zero-order valence-electron chi connectivity index (χ0n) is 21.7. The Morgan fingerprint density at radius 1 is 1.08 bits per heavy atom. The molecule has 3 aliphatic heterocycles. The van der Waals surface area contributed by atoms with Crippen molar-refractivity contribution in [2.75, 3.05) is 26.2 Å². The van der Waals surface area contributed by atoms with Gasteiger partial charge in [0.25, 0.3) is 11.8 Å². The highest BCUT2D eigenvalue weighted by molar-refractivity contribution is 8.27. The van der Waals surface area contributed by atoms with Gasteiger partial charge < -0.3 is 29.2 Å². The number of carbonyl (C=O) groups is 3. The van der Waals surface area contributed by atoms with Crippen molar-refractivity contribution in [3.63, 3.8) is 0 Å². The first-order valence-electron chi connectivity index (χ1n) is 11.8. The minimum absolute atomic E-state index is 0.0677. The fraction of sp³-hybridized carbons (Fsp3) is 0.333. The van der Waals surface area contributed by atoms with Crippen molar-refractivity contribution in [2.24, 2.45) is 0 Å². The molecule has 0 aromatic heterocycles. The first-order chi connectivity index (χ1) is 18.0. The summed E-state index contributed by atoms with van der Waals surface area (Å²) in [6.45, 7) is 6.08. The van der Waals surface area contributed by atoms with Crippen LogP contribution in [-0.2, 0) is 9.59 Å². The van der Waals surface area contributed by atoms with E-state index in [1.54, 1.807) is 17.0 Å². The maximum Gasteiger partial charge on any atom is 0.343 e. The number of hydrogen-bond acceptors (Lipinski definition) is 9. The average molecular weight is 555 g/mol. The second-order valence-electron chi connectivity index (χ2n) is 9.82. The Balaban J connectivity index is 1.63. The number of thiocarbonyl (C=S) groups is 1. The summed E-state index contributed by atoms with van der Waals surface area (Å²) in [6, 6.07) is 6.43. The molecule has 11 heteroatoms. The summed E-state index contributed by atoms with van der Waals surface area (Å²) in [7, 11) is 4.39. The number of benzene rings is 2. The van der Waals surface area contributed by atoms with E-state index in [-0.39, 0.29) is 37.9 Å². The molecule has 38 heavy (non-hydrogen) atoms. The van der Waals surface area contributed by atoms with Gasteiger partial charge in [-0.25, -0.2) is 4.79 Å². The second kappa shape index (κ2) is 9.32. The predicted molar refractivity (Wildman–Crippen MR) is 147 cm³/mol. The third-order valence-corrected chi connectivity index (χ3v) is 8.15. The number of carbonyl (C=O) groups excluding carboxylic acids is 3. The number of thioether (sulfide) groups is 1. The number of anilines is 1. The molecule has 1 atom stereocenters. The molecule has 0 aliphatic carbocycles. The predicted octanol–water partition coefficient (Wildman–Crippen LogP) is 4.42. The van der Waals surface area contributed by atoms with Crippen molar-refractivity contribution in [1.29, 1.82) is 0 Å². The minimum Gasteiger partial charge on any atom is -0.493 e. The normalized spacial score (nSPS) is 21.3. The molecule has 1 fully saturated rings. The van der Waals surface area contributed by atoms with Crippen molar-refractivity contribution >= 4 is 57.3 Å². The average Bonchev–Trinajstić information content (AvgIpc) is 3.35. The first-order valence-corrected chi connectivity index (χ1v) is 13.1. The van der Waals surface area contributed by atoms with Crippen molar-refractivity contribution < 1.29 is 33.3 Å². The van der Waals surface area contributed by atoms with Crippen molar-refractivity contribution in [2.45, 2.75) is 38.6 Å². The van der Waals surface area contributed by atoms with E-state index in [0.29, 0.717) is 29.2 Å². The summed E-state index contributed by atoms with van der Waals surface area (Å²) in [5.74, 6) is -0.0358. The zero-order chi connectivity index (χ0) is 27.5. The van der Waals surface area contributed by atoms with Gasteiger partial charge in [0.05, 0.1) is 43.1 Å². The van der Waals surface area contributed by atoms with E-state index < -0.39 is 17.4 Å². The lowest BCUT2D eigenvalue weighted by molar-refractivity contribution is -0.116. The molecule has 3 aliphatic rings. The van der Waals surface area contributed by atoms with Gasteiger partial charge in [-0.3, -0.25) is 9.59 Å². The maximum atomic E-state index is 13.8. The van der Waals surface area contributed by atoms with E-state index in [1.165, 1.54) is 33.5 Å². The summed E-state index contributed by atoms with van der Waals surface area (Å²) in [6.07, 6.45) is 0.690. The van der Waals surface area contributed by atoms with Crippen LogP contribution in [0.5, 0.6) is 23.0 Å². The van der Waals surface area contributed by atoms with E-state index in [0.717, 1.165) is 23.0 Å². The highest BCUT2D eigenvalue weighted by Gasteiger charge is 2.49. The molecule has 5 rings (SSSR count). The van der Waals surface area contributed by atoms with E-state index in [9.17, 15) is 14.4 Å². The zero-order valence-corrected chi connectivity index (χ0v) is 23.3. The van der Waals surface area contributed by atoms with Crippen LogP contribution in [0.2, 0.25) is 0 Å². The number of ether oxygens (including phenoxy) is 4. The van der Waals surface area contributed by atoms with Crippen molar-refractivity contribution in [1.82, 2.24) is 5.32 Å². The smallest absolute Gasteiger partial charge is 0.343 e. The van der Waals surface area contributed by atoms with Gasteiger partial charge in [-0.15, -0.1) is 0 Å². The third kappa shape index (κ3) is 4.01. The van der Waals surface area contributed by atoms with Crippen LogP contribution in [0.3, 0.4) is 0 Å². The SMILES string of the molecule is COc1cc(C(=O)Oc2cc3c4c(c2)C(C)CC(C)(C)N4C(=O)C3=C2SC(=S)NC2=O)cc(OC)c1OC. The fourth-order valence-corrected chi connectivity index (χ4v) is 6.54. The fourth-order valence-electron chi connectivity index (χ4n) is 5.42. The van der Waals surface area contributed by atoms with E-state index in [1.807, 2.05) is 13.8 Å². The third-order valence-electron chi connectivity index (χ3n) is 6.92. The number of esters is 1. The molecule has 1 unspecified atom stereocenters. The summed E-state index contributed by atoms with van der Waals surface area (Å²) < 4.78 is 22.2. The van der Waals surface area contributed by atoms with Crippen LogP contribution < -0.4 is 29.2 Å². The van der Waals surface area contributed by atoms with Crippen LogP contribution >= 0.6 is 24.0 Å². The van der Waals surface area contributed by atoms with Crippen molar-refractivity contribution in [3.8, 4) is 23.0 Å². The number of methoxy groups -OCH3 is 3. The molecule has 9 nitrogen and oxygen atoms in total. The van der Waals surface area contributed by atoms with Gasteiger partial charge in [0, 0.05) is 11.1 Å². The standard InChI is InChI=1S/C27H26N2O7S2/c1-12-11-27(2,3)29-20-15(12)9-14(10-16(20)19(24(29)31)22-23(30)28-26(37)38-22)36-25(32)13-7-17(33-4)21(35-6)18(8-13)34-5/h7-10,12H,11H2,1-6H3,(H,28,30,37). The molecule has 0 spiro atoms. The Morgan fingerprint density at radius 2 is 1.74 bits per heavy atom. The van der Waals surface area contributed by atoms with Crippen LogP contribution in [-0.4, -0.2) is 49.0 Å². The molecule has 0 radical (unpaired) electrons. The summed E-state index contributed by atoms with van der Waals surface area (Å²) >= 11 is 6.24. The molecule has 2 aromatic carbocycles. The summed E-state index contributed by atoms with van der Waals surface area (Å²) in [5.41, 5.74) is 2.12. The van der Waals surface area contributed by atoms with E-state index in [2.05, 4.69) is 12.2 Å². The van der Waals surface area contributed by atoms with Crippen LogP contribution in [0.4, 0.5) is 5.69 Å². The molecular formula is C27H26N2O7S2. The highest BCUT2D eigenvalue weighted by Crippen LogP contribution is 2.54. The molecule has 2 aromatic rings. The lowest BCUT2D eigenvalue weighted by Gasteiger charge is -2.43. The van der Waals surface area contributed by atoms with Gasteiger partial charge in [-0.05, 0) is 56.0 Å². The molecule has 198 valence electrons. The first kappa shape index (κ1) is 26.1. The van der Waals surface area contributed by atoms with Gasteiger partial charge >= 0.3 is 5.97 Å². The summed E-state index contributed by atoms with van der Waals surface area (Å²) in [4.78, 5) is 41.7. The lowest BCUT2D eigenvalue weighted by atomic mass is 9.80. The van der Waals surface area contributed by atoms with Crippen LogP contribution in [0.1, 0.15) is 54.6 Å². The van der Waals surface area contributed by atoms with Gasteiger partial charge in [0.1, 0.15) is 10.1 Å². The molecule has 0 saturated carbocycles. The monoisotopic (exact) mass is 554 g/mol. The highest BCUT2D eigenvalue weighted by atomic mass is 32.2. The molecule has 1 saturated heterocycles. The van der Waals surface area contributed by atoms with Gasteiger partial charge in [-0.2, -0.15) is 0 Å². The Labute approximate surface area is 229 Å². The maximum absolute atomic E-state index is 13.8. The largest absolute Gasteiger partial charge is 0.493 e. The Morgan fingerprint density at radius 3 is 2.29 bits per heavy atom. The van der Waals surface area contributed by atoms with Gasteiger partial charge in [0.15, 0.2) is 11.5 Å². The van der Waals surface area contributed by atoms with Crippen LogP contribution in [0.15, 0.2) is 29.2 Å². The lowest BCUT2D eigenvalue weighted by Crippen LogP contribution is -2.49. The molecule has 0 bridgehead atoms. The number of hydrogen-bond donors (Lipinski definition) is 1. The van der Waals surface area contributed by atoms with Crippen molar-refractivity contribution in [3.05, 3.63) is 45.9 Å².